The van der Waals surface area contributed by atoms with Crippen LogP contribution in [0.25, 0.3) is 0 Å². The highest BCUT2D eigenvalue weighted by molar-refractivity contribution is 7.09. The van der Waals surface area contributed by atoms with Crippen LogP contribution < -0.4 is 4.90 Å². The van der Waals surface area contributed by atoms with Gasteiger partial charge in [-0.2, -0.15) is 0 Å². The van der Waals surface area contributed by atoms with Crippen molar-refractivity contribution in [1.82, 2.24) is 9.88 Å². The van der Waals surface area contributed by atoms with E-state index in [0.717, 1.165) is 30.2 Å². The predicted octanol–water partition coefficient (Wildman–Crippen LogP) is 3.21. The second kappa shape index (κ2) is 5.42. The van der Waals surface area contributed by atoms with Crippen LogP contribution in [0.2, 0.25) is 0 Å². The number of piperidine rings is 1. The molecule has 2 aromatic rings. The molecule has 23 heavy (non-hydrogen) atoms. The second-order valence-electron chi connectivity index (χ2n) is 6.71. The van der Waals surface area contributed by atoms with Gasteiger partial charge in [0, 0.05) is 29.6 Å². The van der Waals surface area contributed by atoms with Gasteiger partial charge in [0.25, 0.3) is 5.91 Å². The van der Waals surface area contributed by atoms with Gasteiger partial charge in [-0.25, -0.2) is 4.98 Å². The summed E-state index contributed by atoms with van der Waals surface area (Å²) < 4.78 is 0. The Balaban J connectivity index is 1.78. The van der Waals surface area contributed by atoms with Gasteiger partial charge in [-0.05, 0) is 45.5 Å². The van der Waals surface area contributed by atoms with E-state index >= 15 is 0 Å². The number of benzene rings is 1. The lowest BCUT2D eigenvalue weighted by Crippen LogP contribution is -2.47. The maximum Gasteiger partial charge on any atom is 0.278 e. The zero-order valence-electron chi connectivity index (χ0n) is 13.7. The van der Waals surface area contributed by atoms with Crippen LogP contribution in [0.3, 0.4) is 0 Å². The molecule has 1 aromatic heterocycles. The molecule has 1 fully saturated rings. The van der Waals surface area contributed by atoms with E-state index in [1.54, 1.807) is 0 Å². The van der Waals surface area contributed by atoms with Gasteiger partial charge in [-0.3, -0.25) is 4.79 Å². The molecule has 1 amide bonds. The van der Waals surface area contributed by atoms with Crippen molar-refractivity contribution >= 4 is 22.9 Å². The van der Waals surface area contributed by atoms with E-state index in [1.807, 2.05) is 17.2 Å². The second-order valence-corrected chi connectivity index (χ2v) is 7.78. The largest absolute Gasteiger partial charge is 0.306 e. The summed E-state index contributed by atoms with van der Waals surface area (Å²) in [7, 11) is 2.17. The minimum atomic E-state index is 0.0523. The lowest BCUT2D eigenvalue weighted by Gasteiger charge is -2.36. The van der Waals surface area contributed by atoms with E-state index in [-0.39, 0.29) is 11.9 Å². The van der Waals surface area contributed by atoms with E-state index in [4.69, 9.17) is 0 Å². The third-order valence-corrected chi connectivity index (χ3v) is 5.78. The zero-order valence-corrected chi connectivity index (χ0v) is 14.6. The highest BCUT2D eigenvalue weighted by Gasteiger charge is 2.44. The molecule has 0 bridgehead atoms. The zero-order chi connectivity index (χ0) is 16.1. The van der Waals surface area contributed by atoms with Crippen molar-refractivity contribution in [3.8, 4) is 0 Å². The van der Waals surface area contributed by atoms with Gasteiger partial charge in [-0.15, -0.1) is 11.3 Å². The Morgan fingerprint density at radius 3 is 2.91 bits per heavy atom. The van der Waals surface area contributed by atoms with E-state index in [9.17, 15) is 4.79 Å². The summed E-state index contributed by atoms with van der Waals surface area (Å²) in [6.07, 6.45) is 1.02. The first-order chi connectivity index (χ1) is 11.0. The van der Waals surface area contributed by atoms with Gasteiger partial charge in [0.15, 0.2) is 0 Å². The first-order valence-electron chi connectivity index (χ1n) is 8.09. The lowest BCUT2D eigenvalue weighted by molar-refractivity contribution is 0.0960. The van der Waals surface area contributed by atoms with Crippen molar-refractivity contribution < 1.29 is 4.79 Å². The van der Waals surface area contributed by atoms with Gasteiger partial charge in [0.1, 0.15) is 5.69 Å². The molecule has 0 spiro atoms. The standard InChI is InChI=1S/C18H21N3OS/c1-11-4-5-16-13(8-11)14-9-20(3)7-6-17(14)21(16)18(22)15-10-23-12(2)19-15/h4-5,8,10,14,17H,6-7,9H2,1-3H3. The molecule has 2 aliphatic rings. The van der Waals surface area contributed by atoms with Crippen LogP contribution in [0.15, 0.2) is 23.6 Å². The molecule has 0 N–H and O–H groups in total. The van der Waals surface area contributed by atoms with Crippen molar-refractivity contribution in [3.05, 3.63) is 45.4 Å². The van der Waals surface area contributed by atoms with Gasteiger partial charge < -0.3 is 9.80 Å². The Bertz CT molecular complexity index is 769. The number of carbonyl (C=O) groups is 1. The van der Waals surface area contributed by atoms with Crippen molar-refractivity contribution in [2.45, 2.75) is 32.2 Å². The molecule has 0 saturated carbocycles. The average Bonchev–Trinajstić information content (AvgIpc) is 3.08. The number of aromatic nitrogens is 1. The van der Waals surface area contributed by atoms with Crippen molar-refractivity contribution in [2.75, 3.05) is 25.0 Å². The third kappa shape index (κ3) is 2.39. The minimum absolute atomic E-state index is 0.0523. The van der Waals surface area contributed by atoms with Crippen LogP contribution in [0.5, 0.6) is 0 Å². The predicted molar refractivity (Wildman–Crippen MR) is 93.5 cm³/mol. The fraction of sp³-hybridized carbons (Fsp3) is 0.444. The van der Waals surface area contributed by atoms with E-state index in [2.05, 4.69) is 42.1 Å². The van der Waals surface area contributed by atoms with Crippen molar-refractivity contribution in [1.29, 1.82) is 0 Å². The summed E-state index contributed by atoms with van der Waals surface area (Å²) in [5, 5.41) is 2.82. The smallest absolute Gasteiger partial charge is 0.278 e. The molecule has 4 rings (SSSR count). The fourth-order valence-electron chi connectivity index (χ4n) is 3.93. The minimum Gasteiger partial charge on any atom is -0.306 e. The monoisotopic (exact) mass is 327 g/mol. The Morgan fingerprint density at radius 2 is 2.17 bits per heavy atom. The van der Waals surface area contributed by atoms with Gasteiger partial charge >= 0.3 is 0 Å². The number of aryl methyl sites for hydroxylation is 2. The molecule has 120 valence electrons. The molecule has 2 unspecified atom stereocenters. The van der Waals surface area contributed by atoms with Crippen LogP contribution >= 0.6 is 11.3 Å². The Morgan fingerprint density at radius 1 is 1.35 bits per heavy atom. The van der Waals surface area contributed by atoms with Crippen LogP contribution in [-0.4, -0.2) is 42.0 Å². The number of carbonyl (C=O) groups excluding carboxylic acids is 1. The van der Waals surface area contributed by atoms with E-state index < -0.39 is 0 Å². The normalized spacial score (nSPS) is 23.7. The molecule has 1 aromatic carbocycles. The van der Waals surface area contributed by atoms with E-state index in [0.29, 0.717) is 11.6 Å². The average molecular weight is 327 g/mol. The number of hydrogen-bond acceptors (Lipinski definition) is 4. The summed E-state index contributed by atoms with van der Waals surface area (Å²) >= 11 is 1.54. The number of hydrogen-bond donors (Lipinski definition) is 0. The maximum atomic E-state index is 13.1. The summed E-state index contributed by atoms with van der Waals surface area (Å²) in [5.41, 5.74) is 4.24. The Kier molecular flexibility index (Phi) is 3.50. The maximum absolute atomic E-state index is 13.1. The van der Waals surface area contributed by atoms with Crippen LogP contribution in [0.1, 0.15) is 39.0 Å². The van der Waals surface area contributed by atoms with Gasteiger partial charge in [-0.1, -0.05) is 17.7 Å². The van der Waals surface area contributed by atoms with Crippen LogP contribution in [0, 0.1) is 13.8 Å². The summed E-state index contributed by atoms with van der Waals surface area (Å²) in [4.78, 5) is 21.9. The van der Waals surface area contributed by atoms with Gasteiger partial charge in [0.05, 0.1) is 5.01 Å². The summed E-state index contributed by atoms with van der Waals surface area (Å²) in [6.45, 7) is 6.12. The number of anilines is 1. The summed E-state index contributed by atoms with van der Waals surface area (Å²) in [5.74, 6) is 0.462. The lowest BCUT2D eigenvalue weighted by atomic mass is 9.89. The third-order valence-electron chi connectivity index (χ3n) is 5.01. The first kappa shape index (κ1) is 14.8. The van der Waals surface area contributed by atoms with Gasteiger partial charge in [0.2, 0.25) is 0 Å². The van der Waals surface area contributed by atoms with Crippen molar-refractivity contribution in [3.63, 3.8) is 0 Å². The quantitative estimate of drug-likeness (QED) is 0.807. The topological polar surface area (TPSA) is 36.4 Å². The highest BCUT2D eigenvalue weighted by atomic mass is 32.1. The fourth-order valence-corrected chi connectivity index (χ4v) is 4.52. The molecule has 2 aliphatic heterocycles. The number of rotatable bonds is 1. The Labute approximate surface area is 140 Å². The first-order valence-corrected chi connectivity index (χ1v) is 8.97. The highest BCUT2D eigenvalue weighted by Crippen LogP contribution is 2.45. The number of thiazole rings is 1. The number of likely N-dealkylation sites (N-methyl/N-ethyl adjacent to an activating group) is 1. The SMILES string of the molecule is Cc1ccc2c(c1)C1CN(C)CCC1N2C(=O)c1csc(C)n1. The number of nitrogens with zero attached hydrogens (tertiary/aromatic N) is 3. The summed E-state index contributed by atoms with van der Waals surface area (Å²) in [6, 6.07) is 6.73. The molecular formula is C18H21N3OS. The molecule has 2 atom stereocenters. The van der Waals surface area contributed by atoms with Crippen molar-refractivity contribution in [2.24, 2.45) is 0 Å². The van der Waals surface area contributed by atoms with Crippen LogP contribution in [0.4, 0.5) is 5.69 Å². The Hall–Kier alpha value is -1.72. The molecule has 0 radical (unpaired) electrons. The van der Waals surface area contributed by atoms with Crippen LogP contribution in [-0.2, 0) is 0 Å². The number of fused-ring (bicyclic) bond motifs is 3. The molecule has 5 heteroatoms. The number of amides is 1. The molecule has 3 heterocycles. The molecule has 4 nitrogen and oxygen atoms in total. The number of likely N-dealkylation sites (tertiary alicyclic amines) is 1. The molecular weight excluding hydrogens is 306 g/mol. The molecule has 1 saturated heterocycles. The van der Waals surface area contributed by atoms with E-state index in [1.165, 1.54) is 22.5 Å². The molecule has 0 aliphatic carbocycles.